The van der Waals surface area contributed by atoms with Gasteiger partial charge in [-0.2, -0.15) is 4.31 Å². The van der Waals surface area contributed by atoms with E-state index in [9.17, 15) is 13.2 Å². The Morgan fingerprint density at radius 2 is 1.96 bits per heavy atom. The summed E-state index contributed by atoms with van der Waals surface area (Å²) in [7, 11) is -3.46. The van der Waals surface area contributed by atoms with Crippen molar-refractivity contribution < 1.29 is 13.2 Å². The number of hydrogen-bond acceptors (Lipinski definition) is 4. The summed E-state index contributed by atoms with van der Waals surface area (Å²) in [6.07, 6.45) is 3.22. The van der Waals surface area contributed by atoms with Crippen LogP contribution in [-0.2, 0) is 21.2 Å². The van der Waals surface area contributed by atoms with Gasteiger partial charge in [-0.3, -0.25) is 4.79 Å². The second-order valence-electron chi connectivity index (χ2n) is 6.75. The Kier molecular flexibility index (Phi) is 7.07. The Morgan fingerprint density at radius 3 is 2.58 bits per heavy atom. The normalized spacial score (nSPS) is 16.5. The highest BCUT2D eigenvalue weighted by Gasteiger charge is 2.28. The van der Waals surface area contributed by atoms with Crippen LogP contribution in [0.5, 0.6) is 0 Å². The molecule has 0 radical (unpaired) electrons. The second-order valence-corrected chi connectivity index (χ2v) is 8.69. The number of carbonyl (C=O) groups excluding carboxylic acids is 1. The maximum Gasteiger partial charge on any atom is 0.243 e. The zero-order valence-electron chi connectivity index (χ0n) is 15.4. The standard InChI is InChI=1S/C18H27N3O3S.ClH/c1-3-20(4-2)25(23,24)16-7-8-17-15(11-16)9-10-21(17)18(22)13-19-12-14-5-6-14;/h7-8,11,14,19H,3-6,9-10,12-13H2,1-2H3;1H. The number of amides is 1. The van der Waals surface area contributed by atoms with E-state index in [1.807, 2.05) is 13.8 Å². The summed E-state index contributed by atoms with van der Waals surface area (Å²) in [4.78, 5) is 14.5. The summed E-state index contributed by atoms with van der Waals surface area (Å²) in [6.45, 7) is 6.45. The van der Waals surface area contributed by atoms with Crippen LogP contribution >= 0.6 is 12.4 Å². The highest BCUT2D eigenvalue weighted by Crippen LogP contribution is 2.31. The number of fused-ring (bicyclic) bond motifs is 1. The van der Waals surface area contributed by atoms with Crippen molar-refractivity contribution in [3.8, 4) is 0 Å². The van der Waals surface area contributed by atoms with E-state index in [4.69, 9.17) is 0 Å². The van der Waals surface area contributed by atoms with Gasteiger partial charge in [-0.15, -0.1) is 12.4 Å². The summed E-state index contributed by atoms with van der Waals surface area (Å²) in [5.41, 5.74) is 1.78. The monoisotopic (exact) mass is 401 g/mol. The Morgan fingerprint density at radius 1 is 1.27 bits per heavy atom. The smallest absolute Gasteiger partial charge is 0.243 e. The number of halogens is 1. The lowest BCUT2D eigenvalue weighted by Crippen LogP contribution is -2.37. The summed E-state index contributed by atoms with van der Waals surface area (Å²) in [5, 5.41) is 3.23. The number of hydrogen-bond donors (Lipinski definition) is 1. The molecule has 0 bridgehead atoms. The first-order valence-electron chi connectivity index (χ1n) is 9.11. The van der Waals surface area contributed by atoms with Crippen LogP contribution in [0.3, 0.4) is 0 Å². The van der Waals surface area contributed by atoms with Gasteiger partial charge in [0.1, 0.15) is 0 Å². The van der Waals surface area contributed by atoms with Gasteiger partial charge in [0.2, 0.25) is 15.9 Å². The highest BCUT2D eigenvalue weighted by atomic mass is 35.5. The quantitative estimate of drug-likeness (QED) is 0.723. The maximum absolute atomic E-state index is 12.7. The molecule has 1 aromatic carbocycles. The van der Waals surface area contributed by atoms with Crippen LogP contribution in [0.4, 0.5) is 5.69 Å². The fraction of sp³-hybridized carbons (Fsp3) is 0.611. The van der Waals surface area contributed by atoms with Gasteiger partial charge in [0.05, 0.1) is 11.4 Å². The molecule has 1 fully saturated rings. The van der Waals surface area contributed by atoms with Gasteiger partial charge in [-0.1, -0.05) is 13.8 Å². The molecular formula is C18H28ClN3O3S. The molecule has 2 aliphatic rings. The van der Waals surface area contributed by atoms with Crippen molar-refractivity contribution in [1.29, 1.82) is 0 Å². The van der Waals surface area contributed by atoms with Gasteiger partial charge < -0.3 is 10.2 Å². The number of nitrogens with one attached hydrogen (secondary N) is 1. The third kappa shape index (κ3) is 4.39. The van der Waals surface area contributed by atoms with E-state index in [2.05, 4.69) is 5.32 Å². The van der Waals surface area contributed by atoms with Crippen LogP contribution in [0.25, 0.3) is 0 Å². The van der Waals surface area contributed by atoms with Crippen LogP contribution in [0.1, 0.15) is 32.3 Å². The predicted molar refractivity (Wildman–Crippen MR) is 105 cm³/mol. The predicted octanol–water partition coefficient (Wildman–Crippen LogP) is 2.03. The number of rotatable bonds is 8. The largest absolute Gasteiger partial charge is 0.311 e. The molecule has 0 unspecified atom stereocenters. The van der Waals surface area contributed by atoms with E-state index in [1.165, 1.54) is 17.1 Å². The highest BCUT2D eigenvalue weighted by molar-refractivity contribution is 7.89. The molecule has 0 spiro atoms. The molecule has 1 amide bonds. The summed E-state index contributed by atoms with van der Waals surface area (Å²) in [6, 6.07) is 5.13. The third-order valence-electron chi connectivity index (χ3n) is 5.00. The van der Waals surface area contributed by atoms with Crippen LogP contribution in [-0.4, -0.2) is 51.4 Å². The first-order chi connectivity index (χ1) is 12.0. The van der Waals surface area contributed by atoms with Gasteiger partial charge in [0.15, 0.2) is 0 Å². The molecule has 0 atom stereocenters. The first-order valence-corrected chi connectivity index (χ1v) is 10.6. The van der Waals surface area contributed by atoms with Crippen LogP contribution < -0.4 is 10.2 Å². The maximum atomic E-state index is 12.7. The molecular weight excluding hydrogens is 374 g/mol. The molecule has 146 valence electrons. The summed E-state index contributed by atoms with van der Waals surface area (Å²) >= 11 is 0. The Hall–Kier alpha value is -1.15. The third-order valence-corrected chi connectivity index (χ3v) is 7.04. The number of sulfonamides is 1. The average Bonchev–Trinajstić information content (AvgIpc) is 3.31. The minimum atomic E-state index is -3.46. The summed E-state index contributed by atoms with van der Waals surface area (Å²) in [5.74, 6) is 0.797. The number of nitrogens with zero attached hydrogens (tertiary/aromatic N) is 2. The van der Waals surface area contributed by atoms with E-state index in [0.29, 0.717) is 37.5 Å². The minimum Gasteiger partial charge on any atom is -0.311 e. The van der Waals surface area contributed by atoms with Crippen molar-refractivity contribution in [2.24, 2.45) is 5.92 Å². The number of anilines is 1. The van der Waals surface area contributed by atoms with E-state index in [0.717, 1.165) is 23.7 Å². The number of carbonyl (C=O) groups is 1. The van der Waals surface area contributed by atoms with E-state index in [1.54, 1.807) is 23.1 Å². The summed E-state index contributed by atoms with van der Waals surface area (Å²) < 4.78 is 26.8. The molecule has 0 aromatic heterocycles. The van der Waals surface area contributed by atoms with Crippen molar-refractivity contribution in [3.05, 3.63) is 23.8 Å². The van der Waals surface area contributed by atoms with Crippen molar-refractivity contribution in [1.82, 2.24) is 9.62 Å². The van der Waals surface area contributed by atoms with Crippen molar-refractivity contribution in [3.63, 3.8) is 0 Å². The second kappa shape index (κ2) is 8.69. The van der Waals surface area contributed by atoms with Crippen LogP contribution in [0, 0.1) is 5.92 Å². The van der Waals surface area contributed by atoms with Crippen LogP contribution in [0.15, 0.2) is 23.1 Å². The Bertz CT molecular complexity index is 746. The van der Waals surface area contributed by atoms with E-state index in [-0.39, 0.29) is 18.3 Å². The molecule has 0 saturated heterocycles. The fourth-order valence-corrected chi connectivity index (χ4v) is 4.82. The average molecular weight is 402 g/mol. The molecule has 1 N–H and O–H groups in total. The van der Waals surface area contributed by atoms with Crippen molar-refractivity contribution in [2.75, 3.05) is 37.6 Å². The molecule has 1 heterocycles. The van der Waals surface area contributed by atoms with Gasteiger partial charge in [0, 0.05) is 25.3 Å². The minimum absolute atomic E-state index is 0. The lowest BCUT2D eigenvalue weighted by molar-refractivity contribution is -0.117. The molecule has 1 aliphatic carbocycles. The lowest BCUT2D eigenvalue weighted by atomic mass is 10.2. The zero-order chi connectivity index (χ0) is 18.0. The molecule has 3 rings (SSSR count). The SMILES string of the molecule is CCN(CC)S(=O)(=O)c1ccc2c(c1)CCN2C(=O)CNCC1CC1.Cl. The van der Waals surface area contributed by atoms with Crippen LogP contribution in [0.2, 0.25) is 0 Å². The van der Waals surface area contributed by atoms with Crippen molar-refractivity contribution in [2.45, 2.75) is 38.0 Å². The first kappa shape index (κ1) is 21.2. The Balaban J connectivity index is 0.00000243. The Labute approximate surface area is 162 Å². The molecule has 6 nitrogen and oxygen atoms in total. The topological polar surface area (TPSA) is 69.7 Å². The van der Waals surface area contributed by atoms with Gasteiger partial charge in [-0.05, 0) is 55.5 Å². The molecule has 26 heavy (non-hydrogen) atoms. The number of benzene rings is 1. The lowest BCUT2D eigenvalue weighted by Gasteiger charge is -2.20. The van der Waals surface area contributed by atoms with E-state index >= 15 is 0 Å². The van der Waals surface area contributed by atoms with E-state index < -0.39 is 10.0 Å². The fourth-order valence-electron chi connectivity index (χ4n) is 3.31. The molecule has 1 aliphatic heterocycles. The molecule has 1 saturated carbocycles. The molecule has 1 aromatic rings. The van der Waals surface area contributed by atoms with Crippen molar-refractivity contribution >= 4 is 34.0 Å². The van der Waals surface area contributed by atoms with Gasteiger partial charge in [0.25, 0.3) is 0 Å². The van der Waals surface area contributed by atoms with Gasteiger partial charge in [-0.25, -0.2) is 8.42 Å². The molecule has 8 heteroatoms. The zero-order valence-corrected chi connectivity index (χ0v) is 17.0. The van der Waals surface area contributed by atoms with Gasteiger partial charge >= 0.3 is 0 Å².